The highest BCUT2D eigenvalue weighted by atomic mass is 16.5. The Kier molecular flexibility index (Phi) is 4.97. The zero-order valence-corrected chi connectivity index (χ0v) is 11.0. The normalized spacial score (nSPS) is 26.4. The molecule has 1 unspecified atom stereocenters. The van der Waals surface area contributed by atoms with Crippen LogP contribution in [0.4, 0.5) is 0 Å². The molecule has 0 aromatic carbocycles. The van der Waals surface area contributed by atoms with Gasteiger partial charge >= 0.3 is 0 Å². The minimum atomic E-state index is -0.611. The molecule has 1 atom stereocenters. The van der Waals surface area contributed by atoms with Crippen LogP contribution in [0.1, 0.15) is 38.5 Å². The summed E-state index contributed by atoms with van der Waals surface area (Å²) < 4.78 is 10.8. The molecule has 0 bridgehead atoms. The molecule has 0 aromatic rings. The molecule has 1 amide bonds. The minimum Gasteiger partial charge on any atom is -0.379 e. The van der Waals surface area contributed by atoms with Gasteiger partial charge in [-0.2, -0.15) is 0 Å². The Morgan fingerprint density at radius 1 is 1.44 bits per heavy atom. The van der Waals surface area contributed by atoms with Gasteiger partial charge in [0.1, 0.15) is 0 Å². The van der Waals surface area contributed by atoms with Crippen molar-refractivity contribution in [3.63, 3.8) is 0 Å². The van der Waals surface area contributed by atoms with E-state index in [9.17, 15) is 4.79 Å². The van der Waals surface area contributed by atoms with Crippen molar-refractivity contribution in [2.75, 3.05) is 26.4 Å². The molecule has 0 radical (unpaired) electrons. The molecule has 1 aliphatic carbocycles. The second-order valence-electron chi connectivity index (χ2n) is 5.33. The molecular weight excluding hydrogens is 232 g/mol. The highest BCUT2D eigenvalue weighted by molar-refractivity contribution is 5.86. The van der Waals surface area contributed by atoms with Gasteiger partial charge in [-0.1, -0.05) is 12.8 Å². The second-order valence-corrected chi connectivity index (χ2v) is 5.33. The molecule has 5 heteroatoms. The van der Waals surface area contributed by atoms with Crippen molar-refractivity contribution >= 4 is 5.91 Å². The van der Waals surface area contributed by atoms with Crippen molar-refractivity contribution in [1.82, 2.24) is 5.32 Å². The maximum Gasteiger partial charge on any atom is 0.240 e. The molecule has 2 fully saturated rings. The Morgan fingerprint density at radius 3 is 2.89 bits per heavy atom. The van der Waals surface area contributed by atoms with E-state index in [1.807, 2.05) is 0 Å². The quantitative estimate of drug-likeness (QED) is 0.681. The maximum atomic E-state index is 11.9. The second kappa shape index (κ2) is 6.50. The van der Waals surface area contributed by atoms with Crippen LogP contribution < -0.4 is 11.1 Å². The summed E-state index contributed by atoms with van der Waals surface area (Å²) in [6.45, 7) is 2.83. The molecule has 104 valence electrons. The number of hydrogen-bond acceptors (Lipinski definition) is 4. The zero-order valence-electron chi connectivity index (χ0n) is 11.0. The van der Waals surface area contributed by atoms with Gasteiger partial charge in [0.05, 0.1) is 18.2 Å². The van der Waals surface area contributed by atoms with Crippen molar-refractivity contribution in [1.29, 1.82) is 0 Å². The van der Waals surface area contributed by atoms with E-state index < -0.39 is 5.54 Å². The van der Waals surface area contributed by atoms with Crippen LogP contribution in [0.2, 0.25) is 0 Å². The Balaban J connectivity index is 1.53. The van der Waals surface area contributed by atoms with Gasteiger partial charge in [0.15, 0.2) is 0 Å². The molecule has 2 rings (SSSR count). The van der Waals surface area contributed by atoms with Crippen LogP contribution in [0.5, 0.6) is 0 Å². The molecule has 18 heavy (non-hydrogen) atoms. The molecule has 1 heterocycles. The van der Waals surface area contributed by atoms with Gasteiger partial charge in [-0.15, -0.1) is 0 Å². The summed E-state index contributed by atoms with van der Waals surface area (Å²) in [5.41, 5.74) is 5.45. The van der Waals surface area contributed by atoms with Gasteiger partial charge in [-0.05, 0) is 25.7 Å². The van der Waals surface area contributed by atoms with E-state index in [0.717, 1.165) is 45.1 Å². The van der Waals surface area contributed by atoms with Crippen LogP contribution in [0.3, 0.4) is 0 Å². The molecule has 1 saturated carbocycles. The largest absolute Gasteiger partial charge is 0.379 e. The molecular formula is C13H24N2O3. The lowest BCUT2D eigenvalue weighted by Crippen LogP contribution is -2.52. The molecule has 1 saturated heterocycles. The third kappa shape index (κ3) is 3.67. The van der Waals surface area contributed by atoms with Crippen LogP contribution in [0.25, 0.3) is 0 Å². The Hall–Kier alpha value is -0.650. The van der Waals surface area contributed by atoms with Crippen LogP contribution in [-0.2, 0) is 14.3 Å². The third-order valence-corrected chi connectivity index (χ3v) is 3.80. The third-order valence-electron chi connectivity index (χ3n) is 3.80. The summed E-state index contributed by atoms with van der Waals surface area (Å²) in [5.74, 6) is 0.00389. The number of nitrogens with two attached hydrogens (primary N) is 1. The number of ether oxygens (including phenoxy) is 2. The van der Waals surface area contributed by atoms with Crippen molar-refractivity contribution in [3.05, 3.63) is 0 Å². The molecule has 0 aromatic heterocycles. The van der Waals surface area contributed by atoms with Gasteiger partial charge in [0.2, 0.25) is 5.91 Å². The Labute approximate surface area is 108 Å². The predicted octanol–water partition coefficient (Wildman–Crippen LogP) is 0.570. The monoisotopic (exact) mass is 256 g/mol. The standard InChI is InChI=1S/C13H24N2O3/c14-13(5-1-2-6-13)12(16)15-7-3-8-18-11-4-9-17-10-11/h11H,1-10,14H2,(H,15,16). The summed E-state index contributed by atoms with van der Waals surface area (Å²) >= 11 is 0. The predicted molar refractivity (Wildman–Crippen MR) is 68.2 cm³/mol. The lowest BCUT2D eigenvalue weighted by molar-refractivity contribution is -0.126. The average molecular weight is 256 g/mol. The first-order valence-corrected chi connectivity index (χ1v) is 6.97. The summed E-state index contributed by atoms with van der Waals surface area (Å²) in [6, 6.07) is 0. The van der Waals surface area contributed by atoms with Gasteiger partial charge in [0.25, 0.3) is 0 Å². The van der Waals surface area contributed by atoms with Crippen LogP contribution in [0, 0.1) is 0 Å². The first-order chi connectivity index (χ1) is 8.71. The van der Waals surface area contributed by atoms with E-state index in [1.165, 1.54) is 0 Å². The van der Waals surface area contributed by atoms with Crippen LogP contribution in [0.15, 0.2) is 0 Å². The molecule has 0 spiro atoms. The van der Waals surface area contributed by atoms with Crippen molar-refractivity contribution in [2.45, 2.75) is 50.2 Å². The Morgan fingerprint density at radius 2 is 2.22 bits per heavy atom. The maximum absolute atomic E-state index is 11.9. The van der Waals surface area contributed by atoms with Gasteiger partial charge in [-0.25, -0.2) is 0 Å². The lowest BCUT2D eigenvalue weighted by atomic mass is 9.98. The molecule has 3 N–H and O–H groups in total. The molecule has 2 aliphatic rings. The Bertz CT molecular complexity index is 271. The van der Waals surface area contributed by atoms with E-state index in [0.29, 0.717) is 19.8 Å². The van der Waals surface area contributed by atoms with E-state index in [4.69, 9.17) is 15.2 Å². The number of nitrogens with one attached hydrogen (secondary N) is 1. The first-order valence-electron chi connectivity index (χ1n) is 6.97. The van der Waals surface area contributed by atoms with Crippen LogP contribution >= 0.6 is 0 Å². The van der Waals surface area contributed by atoms with E-state index in [1.54, 1.807) is 0 Å². The summed E-state index contributed by atoms with van der Waals surface area (Å²) in [5, 5.41) is 2.92. The van der Waals surface area contributed by atoms with E-state index in [-0.39, 0.29) is 12.0 Å². The lowest BCUT2D eigenvalue weighted by Gasteiger charge is -2.22. The highest BCUT2D eigenvalue weighted by Gasteiger charge is 2.36. The van der Waals surface area contributed by atoms with Crippen LogP contribution in [-0.4, -0.2) is 43.9 Å². The number of amides is 1. The summed E-state index contributed by atoms with van der Waals surface area (Å²) in [7, 11) is 0. The molecule has 5 nitrogen and oxygen atoms in total. The molecule has 1 aliphatic heterocycles. The van der Waals surface area contributed by atoms with Crippen molar-refractivity contribution < 1.29 is 14.3 Å². The SMILES string of the molecule is NC1(C(=O)NCCCOC2CCOC2)CCCC1. The van der Waals surface area contributed by atoms with Crippen molar-refractivity contribution in [2.24, 2.45) is 5.73 Å². The van der Waals surface area contributed by atoms with E-state index in [2.05, 4.69) is 5.32 Å². The number of carbonyl (C=O) groups excluding carboxylic acids is 1. The fraction of sp³-hybridized carbons (Fsp3) is 0.923. The topological polar surface area (TPSA) is 73.6 Å². The minimum absolute atomic E-state index is 0.00389. The van der Waals surface area contributed by atoms with Gasteiger partial charge in [-0.3, -0.25) is 4.79 Å². The number of carbonyl (C=O) groups is 1. The smallest absolute Gasteiger partial charge is 0.240 e. The zero-order chi connectivity index (χ0) is 12.8. The average Bonchev–Trinajstić information content (AvgIpc) is 3.00. The fourth-order valence-electron chi connectivity index (χ4n) is 2.58. The van der Waals surface area contributed by atoms with E-state index >= 15 is 0 Å². The fourth-order valence-corrected chi connectivity index (χ4v) is 2.58. The number of rotatable bonds is 6. The summed E-state index contributed by atoms with van der Waals surface area (Å²) in [6.07, 6.45) is 5.82. The first kappa shape index (κ1) is 13.8. The summed E-state index contributed by atoms with van der Waals surface area (Å²) in [4.78, 5) is 11.9. The number of hydrogen-bond donors (Lipinski definition) is 2. The van der Waals surface area contributed by atoms with Crippen molar-refractivity contribution in [3.8, 4) is 0 Å². The highest BCUT2D eigenvalue weighted by Crippen LogP contribution is 2.27. The van der Waals surface area contributed by atoms with Gasteiger partial charge < -0.3 is 20.5 Å². The van der Waals surface area contributed by atoms with Gasteiger partial charge in [0, 0.05) is 19.8 Å².